The number of likely N-dealkylation sites (N-methyl/N-ethyl adjacent to an activating group) is 1. The minimum atomic E-state index is -1.07. The second-order valence-corrected chi connectivity index (χ2v) is 2.23. The van der Waals surface area contributed by atoms with Gasteiger partial charge in [-0.3, -0.25) is 14.5 Å². The largest absolute Gasteiger partial charge is 0.480 e. The van der Waals surface area contributed by atoms with Gasteiger partial charge in [0.1, 0.15) is 12.1 Å². The molecule has 0 aromatic rings. The zero-order valence-corrected chi connectivity index (χ0v) is 5.31. The number of carboxylic acid groups (broad SMARTS) is 2. The van der Waals surface area contributed by atoms with Gasteiger partial charge in [-0.05, 0) is 7.05 Å². The minimum Gasteiger partial charge on any atom is -0.480 e. The van der Waals surface area contributed by atoms with Crippen LogP contribution in [0.1, 0.15) is 0 Å². The lowest BCUT2D eigenvalue weighted by Crippen LogP contribution is -2.14. The second kappa shape index (κ2) is 1.95. The standard InChI is InChI=1S/C5H7NO4/c1-6-2(4(7)8)3(6)5(9)10/h2-3H,1H3,(H,7,8)(H,9,10)/t2-,3-/m0/s1. The second-order valence-electron chi connectivity index (χ2n) is 2.23. The maximum absolute atomic E-state index is 10.2. The van der Waals surface area contributed by atoms with Crippen LogP contribution in [0.25, 0.3) is 0 Å². The lowest BCUT2D eigenvalue weighted by molar-refractivity contribution is -0.140. The number of nitrogens with zero attached hydrogens (tertiary/aromatic N) is 1. The van der Waals surface area contributed by atoms with E-state index >= 15 is 0 Å². The molecule has 5 heteroatoms. The van der Waals surface area contributed by atoms with Crippen molar-refractivity contribution in [2.75, 3.05) is 7.05 Å². The van der Waals surface area contributed by atoms with E-state index in [0.717, 1.165) is 0 Å². The molecule has 2 N–H and O–H groups in total. The molecule has 0 aromatic heterocycles. The van der Waals surface area contributed by atoms with E-state index < -0.39 is 24.0 Å². The summed E-state index contributed by atoms with van der Waals surface area (Å²) in [5.41, 5.74) is 0. The normalized spacial score (nSPS) is 37.1. The summed E-state index contributed by atoms with van der Waals surface area (Å²) in [6, 6.07) is -1.64. The van der Waals surface area contributed by atoms with Gasteiger partial charge in [0, 0.05) is 0 Å². The summed E-state index contributed by atoms with van der Waals surface area (Å²) < 4.78 is 0. The van der Waals surface area contributed by atoms with E-state index in [-0.39, 0.29) is 0 Å². The molecule has 0 bridgehead atoms. The Kier molecular flexibility index (Phi) is 1.37. The van der Waals surface area contributed by atoms with Gasteiger partial charge >= 0.3 is 11.9 Å². The minimum absolute atomic E-state index is 0.822. The van der Waals surface area contributed by atoms with Gasteiger partial charge in [-0.1, -0.05) is 0 Å². The highest BCUT2D eigenvalue weighted by atomic mass is 16.4. The Balaban J connectivity index is 2.57. The van der Waals surface area contributed by atoms with Gasteiger partial charge in [0.2, 0.25) is 0 Å². The van der Waals surface area contributed by atoms with E-state index in [4.69, 9.17) is 10.2 Å². The zero-order valence-electron chi connectivity index (χ0n) is 5.31. The fourth-order valence-electron chi connectivity index (χ4n) is 0.958. The van der Waals surface area contributed by atoms with Gasteiger partial charge in [0.25, 0.3) is 0 Å². The number of hydrogen-bond donors (Lipinski definition) is 2. The first kappa shape index (κ1) is 7.01. The molecule has 0 saturated carbocycles. The Hall–Kier alpha value is -1.10. The Morgan fingerprint density at radius 2 is 1.50 bits per heavy atom. The summed E-state index contributed by atoms with van der Waals surface area (Å²) in [4.78, 5) is 21.6. The molecule has 10 heavy (non-hydrogen) atoms. The molecular formula is C5H7NO4. The molecule has 1 saturated heterocycles. The molecule has 0 aromatic carbocycles. The van der Waals surface area contributed by atoms with E-state index in [0.29, 0.717) is 0 Å². The maximum atomic E-state index is 10.2. The first-order chi connectivity index (χ1) is 4.55. The number of hydrogen-bond acceptors (Lipinski definition) is 3. The number of carboxylic acids is 2. The summed E-state index contributed by atoms with van der Waals surface area (Å²) in [5.74, 6) is -2.15. The molecular weight excluding hydrogens is 138 g/mol. The number of aliphatic carboxylic acids is 2. The number of carbonyl (C=O) groups is 2. The lowest BCUT2D eigenvalue weighted by atomic mass is 10.3. The first-order valence-electron chi connectivity index (χ1n) is 2.73. The topological polar surface area (TPSA) is 77.6 Å². The first-order valence-corrected chi connectivity index (χ1v) is 2.73. The summed E-state index contributed by atoms with van der Waals surface area (Å²) in [7, 11) is 1.47. The van der Waals surface area contributed by atoms with E-state index in [1.54, 1.807) is 0 Å². The van der Waals surface area contributed by atoms with Gasteiger partial charge in [0.15, 0.2) is 0 Å². The van der Waals surface area contributed by atoms with Crippen molar-refractivity contribution < 1.29 is 19.8 Å². The Bertz CT molecular complexity index is 170. The van der Waals surface area contributed by atoms with Crippen molar-refractivity contribution in [2.45, 2.75) is 12.1 Å². The van der Waals surface area contributed by atoms with E-state index in [2.05, 4.69) is 0 Å². The molecule has 0 spiro atoms. The molecule has 1 heterocycles. The molecule has 1 aliphatic rings. The van der Waals surface area contributed by atoms with E-state index in [1.807, 2.05) is 0 Å². The van der Waals surface area contributed by atoms with Crippen LogP contribution < -0.4 is 0 Å². The molecule has 1 fully saturated rings. The van der Waals surface area contributed by atoms with Crippen molar-refractivity contribution in [1.29, 1.82) is 0 Å². The smallest absolute Gasteiger partial charge is 0.323 e. The van der Waals surface area contributed by atoms with Crippen LogP contribution >= 0.6 is 0 Å². The molecule has 0 amide bonds. The molecule has 1 rings (SSSR count). The average Bonchev–Trinajstić information content (AvgIpc) is 2.40. The fraction of sp³-hybridized carbons (Fsp3) is 0.600. The highest BCUT2D eigenvalue weighted by Crippen LogP contribution is 2.25. The van der Waals surface area contributed by atoms with Crippen molar-refractivity contribution in [2.24, 2.45) is 0 Å². The molecule has 5 nitrogen and oxygen atoms in total. The molecule has 0 radical (unpaired) electrons. The van der Waals surface area contributed by atoms with Gasteiger partial charge < -0.3 is 10.2 Å². The van der Waals surface area contributed by atoms with Crippen LogP contribution in [0.3, 0.4) is 0 Å². The third-order valence-electron chi connectivity index (χ3n) is 1.59. The van der Waals surface area contributed by atoms with E-state index in [1.165, 1.54) is 11.9 Å². The van der Waals surface area contributed by atoms with Crippen molar-refractivity contribution >= 4 is 11.9 Å². The summed E-state index contributed by atoms with van der Waals surface area (Å²) >= 11 is 0. The summed E-state index contributed by atoms with van der Waals surface area (Å²) in [6.07, 6.45) is 0. The zero-order chi connectivity index (χ0) is 7.89. The van der Waals surface area contributed by atoms with Crippen molar-refractivity contribution in [1.82, 2.24) is 4.90 Å². The van der Waals surface area contributed by atoms with Gasteiger partial charge in [-0.2, -0.15) is 0 Å². The summed E-state index contributed by atoms with van der Waals surface area (Å²) in [6.45, 7) is 0. The van der Waals surface area contributed by atoms with Crippen molar-refractivity contribution in [3.8, 4) is 0 Å². The predicted octanol–water partition coefficient (Wildman–Crippen LogP) is -1.16. The SMILES string of the molecule is CN1[C@H](C(=O)O)[C@H]1C(=O)O. The molecule has 56 valence electrons. The van der Waals surface area contributed by atoms with Crippen LogP contribution in [-0.4, -0.2) is 46.2 Å². The Morgan fingerprint density at radius 3 is 1.60 bits per heavy atom. The summed E-state index contributed by atoms with van der Waals surface area (Å²) in [5, 5.41) is 16.7. The van der Waals surface area contributed by atoms with E-state index in [9.17, 15) is 9.59 Å². The van der Waals surface area contributed by atoms with Crippen LogP contribution in [0.5, 0.6) is 0 Å². The van der Waals surface area contributed by atoms with Crippen LogP contribution in [-0.2, 0) is 9.59 Å². The van der Waals surface area contributed by atoms with Gasteiger partial charge in [-0.15, -0.1) is 0 Å². The predicted molar refractivity (Wildman–Crippen MR) is 30.6 cm³/mol. The Labute approximate surface area is 56.9 Å². The molecule has 1 aliphatic heterocycles. The van der Waals surface area contributed by atoms with Gasteiger partial charge in [-0.25, -0.2) is 0 Å². The average molecular weight is 145 g/mol. The number of rotatable bonds is 2. The highest BCUT2D eigenvalue weighted by Gasteiger charge is 2.55. The van der Waals surface area contributed by atoms with Crippen molar-refractivity contribution in [3.05, 3.63) is 0 Å². The Morgan fingerprint density at radius 1 is 1.20 bits per heavy atom. The fourth-order valence-corrected chi connectivity index (χ4v) is 0.958. The van der Waals surface area contributed by atoms with Crippen molar-refractivity contribution in [3.63, 3.8) is 0 Å². The molecule has 0 unspecified atom stereocenters. The van der Waals surface area contributed by atoms with Crippen LogP contribution in [0, 0.1) is 0 Å². The van der Waals surface area contributed by atoms with Crippen LogP contribution in [0.2, 0.25) is 0 Å². The highest BCUT2D eigenvalue weighted by molar-refractivity contribution is 5.90. The van der Waals surface area contributed by atoms with Gasteiger partial charge in [0.05, 0.1) is 0 Å². The monoisotopic (exact) mass is 145 g/mol. The van der Waals surface area contributed by atoms with Crippen LogP contribution in [0.15, 0.2) is 0 Å². The lowest BCUT2D eigenvalue weighted by Gasteiger charge is -1.82. The third kappa shape index (κ3) is 0.841. The third-order valence-corrected chi connectivity index (χ3v) is 1.59. The van der Waals surface area contributed by atoms with Crippen LogP contribution in [0.4, 0.5) is 0 Å². The molecule has 2 atom stereocenters. The quantitative estimate of drug-likeness (QED) is 0.479. The molecule has 0 aliphatic carbocycles. The maximum Gasteiger partial charge on any atom is 0.323 e.